The third-order valence-corrected chi connectivity index (χ3v) is 3.01. The van der Waals surface area contributed by atoms with Crippen LogP contribution in [0.3, 0.4) is 0 Å². The topological polar surface area (TPSA) is 29.1 Å². The highest BCUT2D eigenvalue weighted by Gasteiger charge is 2.12. The van der Waals surface area contributed by atoms with Gasteiger partial charge in [-0.05, 0) is 35.7 Å². The van der Waals surface area contributed by atoms with E-state index in [-0.39, 0.29) is 11.5 Å². The van der Waals surface area contributed by atoms with Gasteiger partial charge in [0.15, 0.2) is 11.6 Å². The fraction of sp³-hybridized carbons (Fsp3) is 0.188. The fourth-order valence-corrected chi connectivity index (χ4v) is 1.95. The normalized spacial score (nSPS) is 10.7. The summed E-state index contributed by atoms with van der Waals surface area (Å²) in [5.74, 6) is -2.22. The van der Waals surface area contributed by atoms with Crippen molar-refractivity contribution in [1.29, 1.82) is 0 Å². The average molecular weight is 275 g/mol. The molecule has 0 spiro atoms. The van der Waals surface area contributed by atoms with Crippen molar-refractivity contribution in [2.45, 2.75) is 19.8 Å². The first-order chi connectivity index (χ1) is 9.49. The van der Waals surface area contributed by atoms with Crippen LogP contribution in [0.4, 0.5) is 14.5 Å². The summed E-state index contributed by atoms with van der Waals surface area (Å²) in [6.07, 6.45) is 0. The van der Waals surface area contributed by atoms with Gasteiger partial charge in [0.2, 0.25) is 0 Å². The summed E-state index contributed by atoms with van der Waals surface area (Å²) in [7, 11) is 0. The minimum atomic E-state index is -1.03. The number of hydrogen-bond acceptors (Lipinski definition) is 1. The third kappa shape index (κ3) is 3.02. The van der Waals surface area contributed by atoms with E-state index in [2.05, 4.69) is 5.32 Å². The van der Waals surface area contributed by atoms with Crippen molar-refractivity contribution in [2.24, 2.45) is 0 Å². The van der Waals surface area contributed by atoms with Crippen molar-refractivity contribution in [3.05, 3.63) is 65.2 Å². The Labute approximate surface area is 116 Å². The van der Waals surface area contributed by atoms with Gasteiger partial charge in [0, 0.05) is 11.3 Å². The van der Waals surface area contributed by atoms with E-state index in [0.29, 0.717) is 5.69 Å². The highest BCUT2D eigenvalue weighted by molar-refractivity contribution is 6.04. The van der Waals surface area contributed by atoms with Crippen molar-refractivity contribution < 1.29 is 13.6 Å². The third-order valence-electron chi connectivity index (χ3n) is 3.01. The van der Waals surface area contributed by atoms with Crippen molar-refractivity contribution in [1.82, 2.24) is 0 Å². The van der Waals surface area contributed by atoms with Gasteiger partial charge in [-0.25, -0.2) is 8.78 Å². The SMILES string of the molecule is CC(C)c1ccccc1NC(=O)c1ccc(F)c(F)c1. The average Bonchev–Trinajstić information content (AvgIpc) is 2.42. The van der Waals surface area contributed by atoms with E-state index < -0.39 is 17.5 Å². The maximum Gasteiger partial charge on any atom is 0.255 e. The van der Waals surface area contributed by atoms with E-state index in [1.807, 2.05) is 32.0 Å². The van der Waals surface area contributed by atoms with Crippen LogP contribution >= 0.6 is 0 Å². The first-order valence-electron chi connectivity index (χ1n) is 6.34. The molecule has 1 amide bonds. The molecule has 0 radical (unpaired) electrons. The Morgan fingerprint density at radius 2 is 1.75 bits per heavy atom. The van der Waals surface area contributed by atoms with Gasteiger partial charge in [-0.1, -0.05) is 32.0 Å². The summed E-state index contributed by atoms with van der Waals surface area (Å²) in [4.78, 5) is 12.1. The van der Waals surface area contributed by atoms with Crippen LogP contribution in [0, 0.1) is 11.6 Å². The highest BCUT2D eigenvalue weighted by Crippen LogP contribution is 2.24. The summed E-state index contributed by atoms with van der Waals surface area (Å²) in [6.45, 7) is 4.03. The number of benzene rings is 2. The van der Waals surface area contributed by atoms with Crippen LogP contribution < -0.4 is 5.32 Å². The lowest BCUT2D eigenvalue weighted by Crippen LogP contribution is -2.14. The fourth-order valence-electron chi connectivity index (χ4n) is 1.95. The molecule has 0 bridgehead atoms. The number of nitrogens with one attached hydrogen (secondary N) is 1. The van der Waals surface area contributed by atoms with Gasteiger partial charge in [0.25, 0.3) is 5.91 Å². The Balaban J connectivity index is 2.26. The molecule has 1 N–H and O–H groups in total. The molecule has 0 unspecified atom stereocenters. The van der Waals surface area contributed by atoms with Crippen LogP contribution in [0.15, 0.2) is 42.5 Å². The van der Waals surface area contributed by atoms with Crippen molar-refractivity contribution in [2.75, 3.05) is 5.32 Å². The number of hydrogen-bond donors (Lipinski definition) is 1. The Morgan fingerprint density at radius 1 is 1.05 bits per heavy atom. The molecule has 2 aromatic rings. The van der Waals surface area contributed by atoms with Crippen LogP contribution in [0.1, 0.15) is 35.7 Å². The molecule has 0 fully saturated rings. The smallest absolute Gasteiger partial charge is 0.255 e. The summed E-state index contributed by atoms with van der Waals surface area (Å²) in [5.41, 5.74) is 1.75. The number of para-hydroxylation sites is 1. The molecule has 104 valence electrons. The summed E-state index contributed by atoms with van der Waals surface area (Å²) in [5, 5.41) is 2.73. The number of amides is 1. The Kier molecular flexibility index (Phi) is 4.13. The number of anilines is 1. The number of rotatable bonds is 3. The summed E-state index contributed by atoms with van der Waals surface area (Å²) >= 11 is 0. The molecule has 0 aliphatic carbocycles. The molecule has 2 nitrogen and oxygen atoms in total. The van der Waals surface area contributed by atoms with E-state index in [4.69, 9.17) is 0 Å². The van der Waals surface area contributed by atoms with Crippen LogP contribution in [0.25, 0.3) is 0 Å². The van der Waals surface area contributed by atoms with Gasteiger partial charge in [-0.2, -0.15) is 0 Å². The van der Waals surface area contributed by atoms with E-state index in [9.17, 15) is 13.6 Å². The van der Waals surface area contributed by atoms with Gasteiger partial charge in [-0.15, -0.1) is 0 Å². The zero-order valence-electron chi connectivity index (χ0n) is 11.3. The second kappa shape index (κ2) is 5.82. The Morgan fingerprint density at radius 3 is 2.40 bits per heavy atom. The standard InChI is InChI=1S/C16H15F2NO/c1-10(2)12-5-3-4-6-15(12)19-16(20)11-7-8-13(17)14(18)9-11/h3-10H,1-2H3,(H,19,20). The highest BCUT2D eigenvalue weighted by atomic mass is 19.2. The van der Waals surface area contributed by atoms with Gasteiger partial charge in [0.1, 0.15) is 0 Å². The molecule has 0 aliphatic heterocycles. The van der Waals surface area contributed by atoms with E-state index >= 15 is 0 Å². The predicted molar refractivity (Wildman–Crippen MR) is 74.8 cm³/mol. The maximum atomic E-state index is 13.1. The molecule has 0 saturated carbocycles. The first-order valence-corrected chi connectivity index (χ1v) is 6.34. The van der Waals surface area contributed by atoms with Crippen LogP contribution in [0.2, 0.25) is 0 Å². The lowest BCUT2D eigenvalue weighted by molar-refractivity contribution is 0.102. The largest absolute Gasteiger partial charge is 0.322 e. The minimum absolute atomic E-state index is 0.0856. The zero-order valence-corrected chi connectivity index (χ0v) is 11.3. The maximum absolute atomic E-state index is 13.1. The second-order valence-electron chi connectivity index (χ2n) is 4.82. The van der Waals surface area contributed by atoms with Gasteiger partial charge >= 0.3 is 0 Å². The minimum Gasteiger partial charge on any atom is -0.322 e. The van der Waals surface area contributed by atoms with Crippen LogP contribution in [0.5, 0.6) is 0 Å². The van der Waals surface area contributed by atoms with Crippen LogP contribution in [-0.4, -0.2) is 5.91 Å². The van der Waals surface area contributed by atoms with E-state index in [1.165, 1.54) is 6.07 Å². The monoisotopic (exact) mass is 275 g/mol. The van der Waals surface area contributed by atoms with Crippen molar-refractivity contribution in [3.63, 3.8) is 0 Å². The van der Waals surface area contributed by atoms with Gasteiger partial charge in [0.05, 0.1) is 0 Å². The van der Waals surface area contributed by atoms with Crippen molar-refractivity contribution in [3.8, 4) is 0 Å². The van der Waals surface area contributed by atoms with E-state index in [1.54, 1.807) is 6.07 Å². The summed E-state index contributed by atoms with van der Waals surface area (Å²) in [6, 6.07) is 10.5. The molecule has 0 heterocycles. The molecular formula is C16H15F2NO. The second-order valence-corrected chi connectivity index (χ2v) is 4.82. The lowest BCUT2D eigenvalue weighted by Gasteiger charge is -2.13. The van der Waals surface area contributed by atoms with Gasteiger partial charge in [-0.3, -0.25) is 4.79 Å². The van der Waals surface area contributed by atoms with Crippen molar-refractivity contribution >= 4 is 11.6 Å². The Bertz CT molecular complexity index is 638. The lowest BCUT2D eigenvalue weighted by atomic mass is 10.0. The Hall–Kier alpha value is -2.23. The number of halogens is 2. The molecule has 4 heteroatoms. The molecule has 2 aromatic carbocycles. The molecule has 0 atom stereocenters. The molecular weight excluding hydrogens is 260 g/mol. The van der Waals surface area contributed by atoms with Gasteiger partial charge < -0.3 is 5.32 Å². The first kappa shape index (κ1) is 14.2. The molecule has 0 aromatic heterocycles. The molecule has 0 saturated heterocycles. The number of carbonyl (C=O) groups excluding carboxylic acids is 1. The quantitative estimate of drug-likeness (QED) is 0.887. The molecule has 2 rings (SSSR count). The predicted octanol–water partition coefficient (Wildman–Crippen LogP) is 4.34. The van der Waals surface area contributed by atoms with Crippen LogP contribution in [-0.2, 0) is 0 Å². The molecule has 0 aliphatic rings. The van der Waals surface area contributed by atoms with E-state index in [0.717, 1.165) is 17.7 Å². The zero-order chi connectivity index (χ0) is 14.7. The molecule has 20 heavy (non-hydrogen) atoms. The number of carbonyl (C=O) groups is 1. The summed E-state index contributed by atoms with van der Waals surface area (Å²) < 4.78 is 26.0.